The molecule has 0 aliphatic rings. The maximum Gasteiger partial charge on any atom is 0.250 e. The molecular weight excluding hydrogens is 336 g/mol. The van der Waals surface area contributed by atoms with Crippen molar-refractivity contribution in [2.24, 2.45) is 4.99 Å². The van der Waals surface area contributed by atoms with E-state index in [1.54, 1.807) is 13.1 Å². The van der Waals surface area contributed by atoms with Gasteiger partial charge in [0.1, 0.15) is 0 Å². The molecule has 1 aromatic carbocycles. The fraction of sp³-hybridized carbons (Fsp3) is 0.455. The first-order valence-corrected chi connectivity index (χ1v) is 9.69. The van der Waals surface area contributed by atoms with Gasteiger partial charge in [-0.2, -0.15) is 0 Å². The second-order valence-electron chi connectivity index (χ2n) is 7.06. The number of guanidine groups is 1. The van der Waals surface area contributed by atoms with E-state index in [9.17, 15) is 4.79 Å². The van der Waals surface area contributed by atoms with Crippen LogP contribution in [0.5, 0.6) is 0 Å². The fourth-order valence-corrected chi connectivity index (χ4v) is 3.08. The molecule has 0 fully saturated rings. The summed E-state index contributed by atoms with van der Waals surface area (Å²) in [7, 11) is 1.79. The number of hydrogen-bond acceptors (Lipinski definition) is 2. The first kappa shape index (κ1) is 20.7. The van der Waals surface area contributed by atoms with Crippen molar-refractivity contribution < 1.29 is 0 Å². The normalized spacial score (nSPS) is 12.7. The van der Waals surface area contributed by atoms with Crippen LogP contribution in [0.3, 0.4) is 0 Å². The van der Waals surface area contributed by atoms with Gasteiger partial charge in [0.05, 0.1) is 0 Å². The van der Waals surface area contributed by atoms with Crippen LogP contribution in [0.2, 0.25) is 0 Å². The topological polar surface area (TPSA) is 58.4 Å². The lowest BCUT2D eigenvalue weighted by atomic mass is 9.99. The van der Waals surface area contributed by atoms with Crippen LogP contribution in [-0.4, -0.2) is 30.7 Å². The maximum atomic E-state index is 11.9. The lowest BCUT2D eigenvalue weighted by Crippen LogP contribution is -2.39. The second kappa shape index (κ2) is 10.6. The van der Waals surface area contributed by atoms with Gasteiger partial charge in [-0.05, 0) is 44.2 Å². The van der Waals surface area contributed by atoms with Gasteiger partial charge in [0.15, 0.2) is 5.96 Å². The number of aliphatic imine (C=N–C) groups is 1. The highest BCUT2D eigenvalue weighted by Crippen LogP contribution is 2.15. The standard InChI is InChI=1S/C22H32N4O/c1-17-9-7-11-20(15-17)18(2)16-25-22(23-4)24-13-5-6-14-26-19(3)10-8-12-21(26)27/h7-12,15,18H,5-6,13-14,16H2,1-4H3,(H2,23,24,25). The van der Waals surface area contributed by atoms with Crippen molar-refractivity contribution in [1.29, 1.82) is 0 Å². The molecule has 2 rings (SSSR count). The number of hydrogen-bond donors (Lipinski definition) is 2. The Hall–Kier alpha value is -2.56. The Morgan fingerprint density at radius 1 is 1.11 bits per heavy atom. The highest BCUT2D eigenvalue weighted by molar-refractivity contribution is 5.79. The van der Waals surface area contributed by atoms with Crippen molar-refractivity contribution in [2.45, 2.75) is 46.1 Å². The minimum absolute atomic E-state index is 0.0746. The molecule has 5 heteroatoms. The van der Waals surface area contributed by atoms with Crippen molar-refractivity contribution in [3.05, 3.63) is 69.6 Å². The van der Waals surface area contributed by atoms with E-state index in [0.717, 1.165) is 44.1 Å². The van der Waals surface area contributed by atoms with Gasteiger partial charge in [-0.15, -0.1) is 0 Å². The molecule has 1 aromatic heterocycles. The second-order valence-corrected chi connectivity index (χ2v) is 7.06. The molecule has 0 aliphatic heterocycles. The molecule has 0 spiro atoms. The molecule has 0 saturated heterocycles. The molecule has 0 saturated carbocycles. The highest BCUT2D eigenvalue weighted by Gasteiger charge is 2.07. The van der Waals surface area contributed by atoms with E-state index in [-0.39, 0.29) is 5.56 Å². The minimum Gasteiger partial charge on any atom is -0.356 e. The Kier molecular flexibility index (Phi) is 8.11. The lowest BCUT2D eigenvalue weighted by Gasteiger charge is -2.17. The number of aromatic nitrogens is 1. The average molecular weight is 369 g/mol. The summed E-state index contributed by atoms with van der Waals surface area (Å²) in [6.45, 7) is 8.73. The summed E-state index contributed by atoms with van der Waals surface area (Å²) in [5.41, 5.74) is 3.71. The van der Waals surface area contributed by atoms with E-state index in [2.05, 4.69) is 53.7 Å². The zero-order valence-electron chi connectivity index (χ0n) is 17.0. The molecule has 1 atom stereocenters. The first-order chi connectivity index (χ1) is 13.0. The van der Waals surface area contributed by atoms with E-state index < -0.39 is 0 Å². The van der Waals surface area contributed by atoms with Crippen LogP contribution in [0.1, 0.15) is 42.5 Å². The van der Waals surface area contributed by atoms with Crippen molar-refractivity contribution >= 4 is 5.96 Å². The third-order valence-electron chi connectivity index (χ3n) is 4.78. The molecule has 2 N–H and O–H groups in total. The third-order valence-corrected chi connectivity index (χ3v) is 4.78. The Bertz CT molecular complexity index is 810. The van der Waals surface area contributed by atoms with Crippen LogP contribution < -0.4 is 16.2 Å². The molecule has 1 heterocycles. The molecule has 0 bridgehead atoms. The summed E-state index contributed by atoms with van der Waals surface area (Å²) < 4.78 is 1.83. The monoisotopic (exact) mass is 368 g/mol. The van der Waals surface area contributed by atoms with Gasteiger partial charge >= 0.3 is 0 Å². The number of aryl methyl sites for hydroxylation is 2. The molecule has 2 aromatic rings. The summed E-state index contributed by atoms with van der Waals surface area (Å²) in [5, 5.41) is 6.75. The van der Waals surface area contributed by atoms with Gasteiger partial charge in [0.25, 0.3) is 5.56 Å². The summed E-state index contributed by atoms with van der Waals surface area (Å²) in [6, 6.07) is 14.0. The minimum atomic E-state index is 0.0746. The van der Waals surface area contributed by atoms with Gasteiger partial charge < -0.3 is 15.2 Å². The molecule has 0 radical (unpaired) electrons. The van der Waals surface area contributed by atoms with Gasteiger partial charge in [-0.3, -0.25) is 9.79 Å². The molecule has 27 heavy (non-hydrogen) atoms. The molecule has 5 nitrogen and oxygen atoms in total. The van der Waals surface area contributed by atoms with Crippen LogP contribution in [-0.2, 0) is 6.54 Å². The SMILES string of the molecule is CN=C(NCCCCn1c(C)cccc1=O)NCC(C)c1cccc(C)c1. The summed E-state index contributed by atoms with van der Waals surface area (Å²) in [5.74, 6) is 1.24. The predicted octanol–water partition coefficient (Wildman–Crippen LogP) is 3.21. The van der Waals surface area contributed by atoms with E-state index in [4.69, 9.17) is 0 Å². The molecule has 1 unspecified atom stereocenters. The zero-order chi connectivity index (χ0) is 19.6. The number of nitrogens with one attached hydrogen (secondary N) is 2. The summed E-state index contributed by atoms with van der Waals surface area (Å²) >= 11 is 0. The van der Waals surface area contributed by atoms with E-state index >= 15 is 0 Å². The maximum absolute atomic E-state index is 11.9. The average Bonchev–Trinajstić information content (AvgIpc) is 2.65. The van der Waals surface area contributed by atoms with E-state index in [1.807, 2.05) is 23.6 Å². The Labute approximate surface area is 162 Å². The number of rotatable bonds is 8. The number of nitrogens with zero attached hydrogens (tertiary/aromatic N) is 2. The lowest BCUT2D eigenvalue weighted by molar-refractivity contribution is 0.574. The van der Waals surface area contributed by atoms with Crippen LogP contribution >= 0.6 is 0 Å². The van der Waals surface area contributed by atoms with Crippen molar-refractivity contribution in [3.63, 3.8) is 0 Å². The Morgan fingerprint density at radius 2 is 1.89 bits per heavy atom. The van der Waals surface area contributed by atoms with E-state index in [1.165, 1.54) is 11.1 Å². The third kappa shape index (κ3) is 6.59. The van der Waals surface area contributed by atoms with Crippen LogP contribution in [0.4, 0.5) is 0 Å². The quantitative estimate of drug-likeness (QED) is 0.427. The Morgan fingerprint density at radius 3 is 2.59 bits per heavy atom. The van der Waals surface area contributed by atoms with Crippen molar-refractivity contribution in [2.75, 3.05) is 20.1 Å². The molecule has 146 valence electrons. The van der Waals surface area contributed by atoms with Gasteiger partial charge in [-0.1, -0.05) is 42.8 Å². The fourth-order valence-electron chi connectivity index (χ4n) is 3.08. The van der Waals surface area contributed by atoms with Gasteiger partial charge in [0, 0.05) is 38.4 Å². The van der Waals surface area contributed by atoms with Crippen molar-refractivity contribution in [3.8, 4) is 0 Å². The Balaban J connectivity index is 1.70. The van der Waals surface area contributed by atoms with Crippen LogP contribution in [0.25, 0.3) is 0 Å². The largest absolute Gasteiger partial charge is 0.356 e. The number of unbranched alkanes of at least 4 members (excludes halogenated alkanes) is 1. The zero-order valence-corrected chi connectivity index (χ0v) is 17.0. The summed E-state index contributed by atoms with van der Waals surface area (Å²) in [6.07, 6.45) is 1.93. The van der Waals surface area contributed by atoms with Gasteiger partial charge in [-0.25, -0.2) is 0 Å². The van der Waals surface area contributed by atoms with E-state index in [0.29, 0.717) is 5.92 Å². The molecule has 0 aliphatic carbocycles. The van der Waals surface area contributed by atoms with Crippen LogP contribution in [0.15, 0.2) is 52.3 Å². The van der Waals surface area contributed by atoms with Crippen LogP contribution in [0, 0.1) is 13.8 Å². The smallest absolute Gasteiger partial charge is 0.250 e. The number of benzene rings is 1. The molecule has 0 amide bonds. The first-order valence-electron chi connectivity index (χ1n) is 9.69. The van der Waals surface area contributed by atoms with Crippen molar-refractivity contribution in [1.82, 2.24) is 15.2 Å². The summed E-state index contributed by atoms with van der Waals surface area (Å²) in [4.78, 5) is 16.2. The molecular formula is C22H32N4O. The predicted molar refractivity (Wildman–Crippen MR) is 114 cm³/mol. The number of pyridine rings is 1. The van der Waals surface area contributed by atoms with Gasteiger partial charge in [0.2, 0.25) is 0 Å². The highest BCUT2D eigenvalue weighted by atomic mass is 16.1.